The first kappa shape index (κ1) is 17.4. The first-order valence-electron chi connectivity index (χ1n) is 8.44. The lowest BCUT2D eigenvalue weighted by Crippen LogP contribution is -2.24. The summed E-state index contributed by atoms with van der Waals surface area (Å²) in [6.07, 6.45) is 2.34. The van der Waals surface area contributed by atoms with E-state index in [1.807, 2.05) is 84.9 Å². The lowest BCUT2D eigenvalue weighted by atomic mass is 10.1. The van der Waals surface area contributed by atoms with Gasteiger partial charge in [-0.15, -0.1) is 0 Å². The van der Waals surface area contributed by atoms with E-state index in [-0.39, 0.29) is 12.5 Å². The fraction of sp³-hybridized carbons (Fsp3) is 0.0909. The molecule has 0 aliphatic carbocycles. The smallest absolute Gasteiger partial charge is 0.277 e. The van der Waals surface area contributed by atoms with Gasteiger partial charge in [-0.05, 0) is 17.2 Å². The second-order valence-electron chi connectivity index (χ2n) is 5.69. The maximum Gasteiger partial charge on any atom is 0.277 e. The van der Waals surface area contributed by atoms with Gasteiger partial charge < -0.3 is 4.74 Å². The third-order valence-corrected chi connectivity index (χ3v) is 3.78. The minimum absolute atomic E-state index is 0.0908. The van der Waals surface area contributed by atoms with Crippen LogP contribution < -0.4 is 10.2 Å². The molecule has 0 heterocycles. The van der Waals surface area contributed by atoms with E-state index in [2.05, 4.69) is 10.5 Å². The Balaban J connectivity index is 1.52. The SMILES string of the molecule is O=C(COc1ccccc1-c1ccccc1)N/N=C/Cc1ccccc1. The first-order chi connectivity index (χ1) is 12.8. The van der Waals surface area contributed by atoms with Gasteiger partial charge in [0.25, 0.3) is 5.91 Å². The zero-order valence-electron chi connectivity index (χ0n) is 14.3. The van der Waals surface area contributed by atoms with Crippen LogP contribution in [0.3, 0.4) is 0 Å². The molecule has 0 atom stereocenters. The molecule has 0 bridgehead atoms. The summed E-state index contributed by atoms with van der Waals surface area (Å²) in [6, 6.07) is 27.5. The molecule has 0 aliphatic rings. The normalized spacial score (nSPS) is 10.6. The number of nitrogens with zero attached hydrogens (tertiary/aromatic N) is 1. The highest BCUT2D eigenvalue weighted by atomic mass is 16.5. The highest BCUT2D eigenvalue weighted by Crippen LogP contribution is 2.29. The quantitative estimate of drug-likeness (QED) is 0.519. The van der Waals surface area contributed by atoms with Crippen molar-refractivity contribution in [2.45, 2.75) is 6.42 Å². The van der Waals surface area contributed by atoms with Crippen LogP contribution >= 0.6 is 0 Å². The van der Waals surface area contributed by atoms with Crippen LogP contribution in [0.25, 0.3) is 11.1 Å². The van der Waals surface area contributed by atoms with Crippen molar-refractivity contribution in [3.63, 3.8) is 0 Å². The van der Waals surface area contributed by atoms with Crippen molar-refractivity contribution < 1.29 is 9.53 Å². The predicted octanol–water partition coefficient (Wildman–Crippen LogP) is 4.08. The van der Waals surface area contributed by atoms with Crippen LogP contribution in [0.15, 0.2) is 90.0 Å². The Labute approximate surface area is 153 Å². The lowest BCUT2D eigenvalue weighted by Gasteiger charge is -2.10. The summed E-state index contributed by atoms with van der Waals surface area (Å²) < 4.78 is 5.68. The number of nitrogens with one attached hydrogen (secondary N) is 1. The van der Waals surface area contributed by atoms with E-state index in [0.29, 0.717) is 12.2 Å². The third kappa shape index (κ3) is 5.05. The molecule has 26 heavy (non-hydrogen) atoms. The number of amides is 1. The van der Waals surface area contributed by atoms with Gasteiger partial charge in [0.2, 0.25) is 0 Å². The minimum Gasteiger partial charge on any atom is -0.483 e. The fourth-order valence-corrected chi connectivity index (χ4v) is 2.51. The number of hydrazone groups is 1. The van der Waals surface area contributed by atoms with E-state index in [1.54, 1.807) is 6.21 Å². The van der Waals surface area contributed by atoms with Gasteiger partial charge in [0, 0.05) is 18.2 Å². The van der Waals surface area contributed by atoms with E-state index >= 15 is 0 Å². The number of carbonyl (C=O) groups is 1. The van der Waals surface area contributed by atoms with Crippen LogP contribution in [0, 0.1) is 0 Å². The maximum absolute atomic E-state index is 11.9. The molecule has 0 radical (unpaired) electrons. The zero-order valence-corrected chi connectivity index (χ0v) is 14.3. The monoisotopic (exact) mass is 344 g/mol. The Morgan fingerprint density at radius 1 is 0.885 bits per heavy atom. The van der Waals surface area contributed by atoms with Crippen molar-refractivity contribution in [3.8, 4) is 16.9 Å². The van der Waals surface area contributed by atoms with Gasteiger partial charge in [-0.2, -0.15) is 5.10 Å². The summed E-state index contributed by atoms with van der Waals surface area (Å²) in [7, 11) is 0. The van der Waals surface area contributed by atoms with Crippen LogP contribution in [-0.4, -0.2) is 18.7 Å². The third-order valence-electron chi connectivity index (χ3n) is 3.78. The highest BCUT2D eigenvalue weighted by molar-refractivity contribution is 5.79. The number of para-hydroxylation sites is 1. The largest absolute Gasteiger partial charge is 0.483 e. The predicted molar refractivity (Wildman–Crippen MR) is 104 cm³/mol. The molecule has 0 saturated carbocycles. The summed E-state index contributed by atoms with van der Waals surface area (Å²) in [6.45, 7) is -0.0908. The number of hydrogen-bond donors (Lipinski definition) is 1. The number of rotatable bonds is 7. The standard InChI is InChI=1S/C22H20N2O2/c25-22(24-23-16-15-18-9-3-1-4-10-18)17-26-21-14-8-7-13-20(21)19-11-5-2-6-12-19/h1-14,16H,15,17H2,(H,24,25)/b23-16+. The fourth-order valence-electron chi connectivity index (χ4n) is 2.51. The van der Waals surface area contributed by atoms with Crippen molar-refractivity contribution in [1.82, 2.24) is 5.43 Å². The van der Waals surface area contributed by atoms with E-state index in [9.17, 15) is 4.79 Å². The van der Waals surface area contributed by atoms with Gasteiger partial charge in [0.1, 0.15) is 5.75 Å². The molecule has 0 spiro atoms. The molecule has 4 nitrogen and oxygen atoms in total. The summed E-state index contributed by atoms with van der Waals surface area (Å²) >= 11 is 0. The molecule has 3 aromatic rings. The molecule has 3 rings (SSSR count). The topological polar surface area (TPSA) is 50.7 Å². The molecule has 0 unspecified atom stereocenters. The average Bonchev–Trinajstić information content (AvgIpc) is 2.71. The van der Waals surface area contributed by atoms with Gasteiger partial charge in [-0.3, -0.25) is 4.79 Å². The number of carbonyl (C=O) groups excluding carboxylic acids is 1. The Morgan fingerprint density at radius 3 is 2.31 bits per heavy atom. The van der Waals surface area contributed by atoms with Crippen molar-refractivity contribution in [3.05, 3.63) is 90.5 Å². The Bertz CT molecular complexity index is 862. The molecule has 3 aromatic carbocycles. The first-order valence-corrected chi connectivity index (χ1v) is 8.44. The summed E-state index contributed by atoms with van der Waals surface area (Å²) in [4.78, 5) is 11.9. The van der Waals surface area contributed by atoms with Gasteiger partial charge in [-0.25, -0.2) is 5.43 Å². The second kappa shape index (κ2) is 9.18. The number of hydrogen-bond acceptors (Lipinski definition) is 3. The average molecular weight is 344 g/mol. The number of ether oxygens (including phenoxy) is 1. The molecule has 4 heteroatoms. The molecule has 1 amide bonds. The van der Waals surface area contributed by atoms with Gasteiger partial charge in [-0.1, -0.05) is 78.9 Å². The molecular formula is C22H20N2O2. The van der Waals surface area contributed by atoms with Crippen LogP contribution in [0.1, 0.15) is 5.56 Å². The summed E-state index contributed by atoms with van der Waals surface area (Å²) in [5.41, 5.74) is 5.62. The van der Waals surface area contributed by atoms with E-state index in [0.717, 1.165) is 16.7 Å². The van der Waals surface area contributed by atoms with Gasteiger partial charge >= 0.3 is 0 Å². The van der Waals surface area contributed by atoms with Crippen molar-refractivity contribution in [2.24, 2.45) is 5.10 Å². The van der Waals surface area contributed by atoms with Crippen LogP contribution in [-0.2, 0) is 11.2 Å². The van der Waals surface area contributed by atoms with Crippen LogP contribution in [0.5, 0.6) is 5.75 Å². The van der Waals surface area contributed by atoms with Crippen molar-refractivity contribution >= 4 is 12.1 Å². The number of benzene rings is 3. The van der Waals surface area contributed by atoms with Gasteiger partial charge in [0.15, 0.2) is 6.61 Å². The Morgan fingerprint density at radius 2 is 1.54 bits per heavy atom. The lowest BCUT2D eigenvalue weighted by molar-refractivity contribution is -0.123. The molecule has 0 saturated heterocycles. The molecule has 0 aliphatic heterocycles. The van der Waals surface area contributed by atoms with E-state index in [1.165, 1.54) is 0 Å². The molecule has 0 fully saturated rings. The Hall–Kier alpha value is -3.40. The highest BCUT2D eigenvalue weighted by Gasteiger charge is 2.07. The summed E-state index contributed by atoms with van der Waals surface area (Å²) in [5.74, 6) is 0.374. The molecule has 130 valence electrons. The zero-order chi connectivity index (χ0) is 18.0. The van der Waals surface area contributed by atoms with Crippen LogP contribution in [0.4, 0.5) is 0 Å². The second-order valence-corrected chi connectivity index (χ2v) is 5.69. The maximum atomic E-state index is 11.9. The van der Waals surface area contributed by atoms with E-state index in [4.69, 9.17) is 4.74 Å². The molecular weight excluding hydrogens is 324 g/mol. The molecule has 0 aromatic heterocycles. The van der Waals surface area contributed by atoms with E-state index < -0.39 is 0 Å². The van der Waals surface area contributed by atoms with Crippen molar-refractivity contribution in [2.75, 3.05) is 6.61 Å². The van der Waals surface area contributed by atoms with Crippen molar-refractivity contribution in [1.29, 1.82) is 0 Å². The summed E-state index contributed by atoms with van der Waals surface area (Å²) in [5, 5.41) is 3.95. The Kier molecular flexibility index (Phi) is 6.15. The van der Waals surface area contributed by atoms with Gasteiger partial charge in [0.05, 0.1) is 0 Å². The molecule has 1 N–H and O–H groups in total. The van der Waals surface area contributed by atoms with Crippen LogP contribution in [0.2, 0.25) is 0 Å². The minimum atomic E-state index is -0.294.